The van der Waals surface area contributed by atoms with Crippen LogP contribution in [-0.4, -0.2) is 21.8 Å². The van der Waals surface area contributed by atoms with Crippen LogP contribution >= 0.6 is 11.3 Å². The smallest absolute Gasteiger partial charge is 0.232 e. The van der Waals surface area contributed by atoms with E-state index < -0.39 is 0 Å². The van der Waals surface area contributed by atoms with Crippen LogP contribution in [0, 0.1) is 13.8 Å². The van der Waals surface area contributed by atoms with Gasteiger partial charge in [0.05, 0.1) is 12.1 Å². The summed E-state index contributed by atoms with van der Waals surface area (Å²) in [7, 11) is 0. The Kier molecular flexibility index (Phi) is 4.47. The zero-order chi connectivity index (χ0) is 20.0. The van der Waals surface area contributed by atoms with Gasteiger partial charge in [-0.25, -0.2) is 4.98 Å². The third-order valence-electron chi connectivity index (χ3n) is 5.62. The Labute approximate surface area is 174 Å². The molecule has 0 radical (unpaired) electrons. The third kappa shape index (κ3) is 3.36. The van der Waals surface area contributed by atoms with Gasteiger partial charge in [0.2, 0.25) is 5.91 Å². The first kappa shape index (κ1) is 18.1. The fourth-order valence-corrected chi connectivity index (χ4v) is 4.93. The number of aryl methyl sites for hydroxylation is 3. The van der Waals surface area contributed by atoms with Crippen molar-refractivity contribution in [3.05, 3.63) is 76.4 Å². The van der Waals surface area contributed by atoms with E-state index in [1.54, 1.807) is 11.3 Å². The molecule has 5 heteroatoms. The molecule has 2 aromatic heterocycles. The van der Waals surface area contributed by atoms with E-state index in [1.165, 1.54) is 16.7 Å². The Morgan fingerprint density at radius 2 is 1.90 bits per heavy atom. The molecule has 2 aromatic carbocycles. The molecule has 4 aromatic rings. The Morgan fingerprint density at radius 1 is 1.10 bits per heavy atom. The van der Waals surface area contributed by atoms with Gasteiger partial charge in [-0.05, 0) is 38.3 Å². The minimum atomic E-state index is 0.153. The van der Waals surface area contributed by atoms with Gasteiger partial charge in [-0.15, -0.1) is 11.3 Å². The van der Waals surface area contributed by atoms with Gasteiger partial charge in [0, 0.05) is 35.1 Å². The second-order valence-electron chi connectivity index (χ2n) is 7.83. The van der Waals surface area contributed by atoms with Gasteiger partial charge < -0.3 is 4.90 Å². The summed E-state index contributed by atoms with van der Waals surface area (Å²) in [6.45, 7) is 4.98. The molecule has 0 aliphatic carbocycles. The highest BCUT2D eigenvalue weighted by Gasteiger charge is 2.23. The van der Waals surface area contributed by atoms with Gasteiger partial charge in [-0.1, -0.05) is 47.5 Å². The van der Waals surface area contributed by atoms with Crippen molar-refractivity contribution >= 4 is 27.9 Å². The number of fused-ring (bicyclic) bond motifs is 2. The predicted molar refractivity (Wildman–Crippen MR) is 119 cm³/mol. The Hall–Kier alpha value is -2.92. The number of imidazole rings is 1. The van der Waals surface area contributed by atoms with E-state index in [-0.39, 0.29) is 5.91 Å². The zero-order valence-electron chi connectivity index (χ0n) is 16.7. The van der Waals surface area contributed by atoms with Gasteiger partial charge in [-0.3, -0.25) is 9.20 Å². The quantitative estimate of drug-likeness (QED) is 0.473. The maximum absolute atomic E-state index is 13.2. The van der Waals surface area contributed by atoms with Gasteiger partial charge in [-0.2, -0.15) is 0 Å². The maximum atomic E-state index is 13.2. The van der Waals surface area contributed by atoms with E-state index in [0.717, 1.165) is 47.0 Å². The van der Waals surface area contributed by atoms with Crippen LogP contribution in [0.5, 0.6) is 0 Å². The van der Waals surface area contributed by atoms with Gasteiger partial charge in [0.15, 0.2) is 4.96 Å². The zero-order valence-corrected chi connectivity index (χ0v) is 17.5. The summed E-state index contributed by atoms with van der Waals surface area (Å²) in [6.07, 6.45) is 4.50. The number of nitrogens with zero attached hydrogens (tertiary/aromatic N) is 3. The van der Waals surface area contributed by atoms with Crippen LogP contribution in [-0.2, 0) is 17.6 Å². The minimum Gasteiger partial charge on any atom is -0.312 e. The van der Waals surface area contributed by atoms with Gasteiger partial charge in [0.25, 0.3) is 0 Å². The van der Waals surface area contributed by atoms with Crippen LogP contribution in [0.1, 0.15) is 28.8 Å². The van der Waals surface area contributed by atoms with Crippen molar-refractivity contribution in [2.75, 3.05) is 11.4 Å². The minimum absolute atomic E-state index is 0.153. The summed E-state index contributed by atoms with van der Waals surface area (Å²) >= 11 is 1.59. The fraction of sp³-hybridized carbons (Fsp3) is 0.250. The Bertz CT molecular complexity index is 1200. The molecule has 0 atom stereocenters. The molecular formula is C24H23N3OS. The SMILES string of the molecule is Cc1ccc(-c2cn3c(CC(=O)N4CCCc5cc(C)ccc54)csc3n2)cc1. The summed E-state index contributed by atoms with van der Waals surface area (Å²) in [5, 5.41) is 2.05. The second kappa shape index (κ2) is 7.16. The number of aromatic nitrogens is 2. The van der Waals surface area contributed by atoms with Crippen molar-refractivity contribution < 1.29 is 4.79 Å². The normalized spacial score (nSPS) is 13.7. The number of thiazole rings is 1. The highest BCUT2D eigenvalue weighted by molar-refractivity contribution is 7.15. The van der Waals surface area contributed by atoms with Crippen molar-refractivity contribution in [3.63, 3.8) is 0 Å². The molecule has 4 nitrogen and oxygen atoms in total. The summed E-state index contributed by atoms with van der Waals surface area (Å²) in [4.78, 5) is 20.8. The molecule has 0 unspecified atom stereocenters. The van der Waals surface area contributed by atoms with Crippen LogP contribution in [0.15, 0.2) is 54.0 Å². The lowest BCUT2D eigenvalue weighted by Crippen LogP contribution is -2.36. The number of benzene rings is 2. The molecule has 0 fully saturated rings. The first-order valence-electron chi connectivity index (χ1n) is 10.0. The summed E-state index contributed by atoms with van der Waals surface area (Å²) in [6, 6.07) is 14.8. The Morgan fingerprint density at radius 3 is 2.72 bits per heavy atom. The molecule has 1 amide bonds. The standard InChI is InChI=1S/C24H23N3OS/c1-16-5-8-18(9-6-16)21-14-27-20(15-29-24(27)25-21)13-23(28)26-11-3-4-19-12-17(2)7-10-22(19)26/h5-10,12,14-15H,3-4,11,13H2,1-2H3. The van der Waals surface area contributed by atoms with Gasteiger partial charge in [0.1, 0.15) is 0 Å². The monoisotopic (exact) mass is 401 g/mol. The number of amides is 1. The van der Waals surface area contributed by atoms with Crippen LogP contribution < -0.4 is 4.90 Å². The lowest BCUT2D eigenvalue weighted by atomic mass is 9.99. The van der Waals surface area contributed by atoms with Crippen LogP contribution in [0.4, 0.5) is 5.69 Å². The summed E-state index contributed by atoms with van der Waals surface area (Å²) < 4.78 is 2.07. The molecular weight excluding hydrogens is 378 g/mol. The third-order valence-corrected chi connectivity index (χ3v) is 6.51. The van der Waals surface area contributed by atoms with E-state index >= 15 is 0 Å². The molecule has 29 heavy (non-hydrogen) atoms. The molecule has 0 spiro atoms. The first-order valence-corrected chi connectivity index (χ1v) is 10.9. The predicted octanol–water partition coefficient (Wildman–Crippen LogP) is 5.20. The molecule has 0 saturated carbocycles. The van der Waals surface area contributed by atoms with Gasteiger partial charge >= 0.3 is 0 Å². The fourth-order valence-electron chi connectivity index (χ4n) is 4.06. The maximum Gasteiger partial charge on any atom is 0.232 e. The van der Waals surface area contributed by atoms with Crippen molar-refractivity contribution in [1.29, 1.82) is 0 Å². The number of hydrogen-bond acceptors (Lipinski definition) is 3. The van der Waals surface area contributed by atoms with E-state index in [4.69, 9.17) is 4.98 Å². The van der Waals surface area contributed by atoms with E-state index in [1.807, 2.05) is 11.1 Å². The van der Waals surface area contributed by atoms with Crippen molar-refractivity contribution in [2.45, 2.75) is 33.1 Å². The second-order valence-corrected chi connectivity index (χ2v) is 8.67. The number of carbonyl (C=O) groups excluding carboxylic acids is 1. The number of anilines is 1. The van der Waals surface area contributed by atoms with Crippen molar-refractivity contribution in [3.8, 4) is 11.3 Å². The lowest BCUT2D eigenvalue weighted by molar-refractivity contribution is -0.118. The molecule has 0 saturated heterocycles. The first-order chi connectivity index (χ1) is 14.1. The number of carbonyl (C=O) groups is 1. The van der Waals surface area contributed by atoms with Crippen molar-refractivity contribution in [1.82, 2.24) is 9.38 Å². The largest absolute Gasteiger partial charge is 0.312 e. The highest BCUT2D eigenvalue weighted by Crippen LogP contribution is 2.29. The molecule has 1 aliphatic heterocycles. The Balaban J connectivity index is 1.42. The molecule has 5 rings (SSSR count). The topological polar surface area (TPSA) is 37.6 Å². The van der Waals surface area contributed by atoms with Crippen molar-refractivity contribution in [2.24, 2.45) is 0 Å². The summed E-state index contributed by atoms with van der Waals surface area (Å²) in [5.41, 5.74) is 7.89. The van der Waals surface area contributed by atoms with E-state index in [0.29, 0.717) is 6.42 Å². The molecule has 1 aliphatic rings. The summed E-state index contributed by atoms with van der Waals surface area (Å²) in [5.74, 6) is 0.153. The van der Waals surface area contributed by atoms with Crippen LogP contribution in [0.25, 0.3) is 16.2 Å². The lowest BCUT2D eigenvalue weighted by Gasteiger charge is -2.29. The van der Waals surface area contributed by atoms with Crippen LogP contribution in [0.2, 0.25) is 0 Å². The molecule has 146 valence electrons. The average Bonchev–Trinajstić information content (AvgIpc) is 3.30. The number of rotatable bonds is 3. The number of hydrogen-bond donors (Lipinski definition) is 0. The van der Waals surface area contributed by atoms with Crippen LogP contribution in [0.3, 0.4) is 0 Å². The average molecular weight is 402 g/mol. The molecule has 0 bridgehead atoms. The molecule has 0 N–H and O–H groups in total. The molecule has 3 heterocycles. The highest BCUT2D eigenvalue weighted by atomic mass is 32.1. The van der Waals surface area contributed by atoms with E-state index in [9.17, 15) is 4.79 Å². The van der Waals surface area contributed by atoms with E-state index in [2.05, 4.69) is 66.1 Å².